The van der Waals surface area contributed by atoms with E-state index in [0.717, 1.165) is 6.61 Å². The van der Waals surface area contributed by atoms with E-state index in [1.54, 1.807) is 0 Å². The molecule has 0 fully saturated rings. The van der Waals surface area contributed by atoms with Crippen molar-refractivity contribution in [3.05, 3.63) is 0 Å². The van der Waals surface area contributed by atoms with E-state index in [9.17, 15) is 0 Å². The van der Waals surface area contributed by atoms with Crippen LogP contribution in [0.2, 0.25) is 0 Å². The van der Waals surface area contributed by atoms with Crippen LogP contribution in [0.25, 0.3) is 0 Å². The average molecular weight is 1680 g/mol. The molecule has 0 aliphatic rings. The Hall–Kier alpha value is 0.554. The van der Waals surface area contributed by atoms with Gasteiger partial charge in [0.1, 0.15) is 0 Å². The summed E-state index contributed by atoms with van der Waals surface area (Å²) in [5, 5.41) is 0. The molecule has 0 unspecified atom stereocenters. The van der Waals surface area contributed by atoms with Crippen LogP contribution < -0.4 is 0 Å². The van der Waals surface area contributed by atoms with Gasteiger partial charge in [-0.3, -0.25) is 0 Å². The van der Waals surface area contributed by atoms with Crippen LogP contribution in [0.5, 0.6) is 0 Å². The Bertz CT molecular complexity index is 1420. The molecule has 704 valence electrons. The van der Waals surface area contributed by atoms with E-state index in [1.807, 2.05) is 0 Å². The predicted molar refractivity (Wildman–Crippen MR) is 533 cm³/mol. The van der Waals surface area contributed by atoms with Crippen LogP contribution in [0.4, 0.5) is 0 Å². The zero-order valence-electron chi connectivity index (χ0n) is 83.5. The van der Waals surface area contributed by atoms with Crippen LogP contribution in [0, 0.1) is 0 Å². The van der Waals surface area contributed by atoms with Gasteiger partial charge in [0.15, 0.2) is 0 Å². The molecule has 0 N–H and O–H groups in total. The molecule has 0 atom stereocenters. The third kappa shape index (κ3) is 87.0. The van der Waals surface area contributed by atoms with Crippen molar-refractivity contribution in [1.29, 1.82) is 0 Å². The minimum atomic E-state index is -3.71. The zero-order valence-corrected chi connectivity index (χ0v) is 85.1. The summed E-state index contributed by atoms with van der Waals surface area (Å²) in [5.41, 5.74) is 0. The topological polar surface area (TPSA) is 19.0 Å². The fraction of sp³-hybridized carbons (Fsp3) is 1.00. The minimum absolute atomic E-state index is 0.980. The molecule has 117 heavy (non-hydrogen) atoms. The number of unbranched alkanes of at least 4 members (excludes halogenated alkanes) is 91. The number of rotatable bonds is 109. The first-order valence-corrected chi connectivity index (χ1v) is 59.7. The van der Waals surface area contributed by atoms with Crippen LogP contribution in [-0.2, 0) is 21.1 Å². The van der Waals surface area contributed by atoms with Crippen molar-refractivity contribution in [2.75, 3.05) is 45.9 Å². The zero-order chi connectivity index (χ0) is 84.2. The van der Waals surface area contributed by atoms with Crippen LogP contribution in [-0.4, -0.2) is 56.0 Å². The Labute approximate surface area is 749 Å². The van der Waals surface area contributed by atoms with Gasteiger partial charge in [-0.2, -0.15) is 0 Å². The molecule has 0 aromatic rings. The summed E-state index contributed by atoms with van der Waals surface area (Å²) in [6.07, 6.45) is 141. The molecule has 0 saturated carbocycles. The second-order valence-corrected chi connectivity index (χ2v) is 44.8. The summed E-state index contributed by atoms with van der Waals surface area (Å²) >= 11 is -3.71. The first kappa shape index (κ1) is 118. The molecule has 0 bridgehead atoms. The van der Waals surface area contributed by atoms with Crippen LogP contribution in [0.15, 0.2) is 0 Å². The van der Waals surface area contributed by atoms with E-state index in [-0.39, 0.29) is 0 Å². The van der Waals surface area contributed by atoms with Gasteiger partial charge < -0.3 is 0 Å². The molecular formula is C112H231N3OTi. The molecule has 0 rings (SSSR count). The second kappa shape index (κ2) is 105. The van der Waals surface area contributed by atoms with Crippen LogP contribution in [0.1, 0.15) is 678 Å². The number of nitrogens with zero attached hydrogens (tertiary/aromatic N) is 3. The molecule has 0 saturated heterocycles. The Morgan fingerprint density at radius 1 is 0.111 bits per heavy atom. The molecule has 0 aromatic carbocycles. The summed E-state index contributed by atoms with van der Waals surface area (Å²) in [5.74, 6) is 0. The fourth-order valence-corrected chi connectivity index (χ4v) is 27.1. The normalized spacial score (nSPS) is 12.2. The summed E-state index contributed by atoms with van der Waals surface area (Å²) in [4.78, 5) is 0. The van der Waals surface area contributed by atoms with Crippen molar-refractivity contribution in [3.63, 3.8) is 0 Å². The van der Waals surface area contributed by atoms with E-state index >= 15 is 0 Å². The Morgan fingerprint density at radius 3 is 0.291 bits per heavy atom. The molecule has 4 nitrogen and oxygen atoms in total. The van der Waals surface area contributed by atoms with Gasteiger partial charge in [-0.25, -0.2) is 0 Å². The predicted octanol–water partition coefficient (Wildman–Crippen LogP) is 41.1. The first-order valence-electron chi connectivity index (χ1n) is 57.0. The van der Waals surface area contributed by atoms with Crippen molar-refractivity contribution in [2.45, 2.75) is 678 Å². The van der Waals surface area contributed by atoms with Gasteiger partial charge in [-0.15, -0.1) is 0 Å². The van der Waals surface area contributed by atoms with Gasteiger partial charge >= 0.3 is 482 Å². The number of hydrogen-bond donors (Lipinski definition) is 0. The van der Waals surface area contributed by atoms with Gasteiger partial charge in [0, 0.05) is 0 Å². The van der Waals surface area contributed by atoms with E-state index in [1.165, 1.54) is 669 Å². The molecule has 0 aromatic heterocycles. The average Bonchev–Trinajstić information content (AvgIpc) is 0.768. The van der Waals surface area contributed by atoms with E-state index in [0.29, 0.717) is 0 Å². The third-order valence-electron chi connectivity index (χ3n) is 27.7. The standard InChI is InChI=1S/3C36H74N.C4H9O.Ti/c3*1-3-5-7-9-11-13-15-17-19-21-23-25-27-29-31-33-35-37-36-34-32-30-28-26-24-22-20-18-16-14-12-10-8-6-4-2;1-2-3-4-5;/h3*3-36H2,1-2H3;2-4H2,1H3;/q4*-1;+4. The number of hydrogen-bond acceptors (Lipinski definition) is 4. The van der Waals surface area contributed by atoms with E-state index in [4.69, 9.17) is 3.32 Å². The molecule has 5 heteroatoms. The SMILES string of the molecule is CCCCCCCCCCCCCCCCCC[N](CCCCCCCCCCCCCCCCCC)[Ti]([O]CCCC)([N](CCCCCCCCCCCCCCCCCC)CCCCCCCCCCCCCCCCCC)[N](CCCCCCCCCCCCCCCCCC)CCCCCCCCCCCCCCCCCC. The van der Waals surface area contributed by atoms with Crippen molar-refractivity contribution >= 4 is 0 Å². The minimum Gasteiger partial charge on any atom is -0.0654 e. The smallest absolute Gasteiger partial charge is 0.0654 e. The van der Waals surface area contributed by atoms with Gasteiger partial charge in [-0.1, -0.05) is 273 Å². The Morgan fingerprint density at radius 2 is 0.197 bits per heavy atom. The summed E-state index contributed by atoms with van der Waals surface area (Å²) in [6, 6.07) is 0. The molecule has 0 heterocycles. The molecule has 0 amide bonds. The van der Waals surface area contributed by atoms with Crippen LogP contribution in [0.3, 0.4) is 0 Å². The van der Waals surface area contributed by atoms with Crippen molar-refractivity contribution < 1.29 is 21.1 Å². The second-order valence-electron chi connectivity index (χ2n) is 39.6. The van der Waals surface area contributed by atoms with Crippen LogP contribution >= 0.6 is 0 Å². The van der Waals surface area contributed by atoms with E-state index in [2.05, 4.69) is 58.6 Å². The first-order chi connectivity index (χ1) is 58.1. The maximum absolute atomic E-state index is 8.50. The summed E-state index contributed by atoms with van der Waals surface area (Å²) < 4.78 is 18.5. The quantitative estimate of drug-likeness (QED) is 0.0446. The summed E-state index contributed by atoms with van der Waals surface area (Å²) in [6.45, 7) is 25.3. The molecule has 0 spiro atoms. The monoisotopic (exact) mass is 1680 g/mol. The summed E-state index contributed by atoms with van der Waals surface area (Å²) in [7, 11) is 0. The van der Waals surface area contributed by atoms with Gasteiger partial charge in [-0.05, 0) is 0 Å². The van der Waals surface area contributed by atoms with Crippen molar-refractivity contribution in [3.8, 4) is 0 Å². The van der Waals surface area contributed by atoms with E-state index < -0.39 is 17.7 Å². The van der Waals surface area contributed by atoms with Crippen molar-refractivity contribution in [2.24, 2.45) is 0 Å². The third-order valence-corrected chi connectivity index (χ3v) is 34.6. The molecular weight excluding hydrogens is 1450 g/mol. The molecule has 0 radical (unpaired) electrons. The molecule has 0 aliphatic heterocycles. The van der Waals surface area contributed by atoms with Gasteiger partial charge in [0.25, 0.3) is 0 Å². The Kier molecular flexibility index (Phi) is 106. The molecule has 0 aliphatic carbocycles. The van der Waals surface area contributed by atoms with Gasteiger partial charge in [0.2, 0.25) is 0 Å². The Balaban J connectivity index is 7.33. The van der Waals surface area contributed by atoms with Crippen molar-refractivity contribution in [1.82, 2.24) is 10.1 Å². The maximum atomic E-state index is 8.50. The fourth-order valence-electron chi connectivity index (χ4n) is 19.5. The van der Waals surface area contributed by atoms with Gasteiger partial charge in [0.05, 0.1) is 0 Å².